The smallest absolute Gasteiger partial charge is 0.375 e. The Bertz CT molecular complexity index is 222. The van der Waals surface area contributed by atoms with E-state index in [0.717, 1.165) is 0 Å². The monoisotopic (exact) mass is 225 g/mol. The molecule has 88 valence electrons. The van der Waals surface area contributed by atoms with Crippen LogP contribution >= 0.6 is 0 Å². The number of carbonyl (C=O) groups excluding carboxylic acids is 1. The molecule has 0 aromatic rings. The summed E-state index contributed by atoms with van der Waals surface area (Å²) in [5.41, 5.74) is 0. The Morgan fingerprint density at radius 3 is 2.33 bits per heavy atom. The normalized spacial score (nSPS) is 19.3. The van der Waals surface area contributed by atoms with Gasteiger partial charge in [-0.1, -0.05) is 0 Å². The molecule has 0 radical (unpaired) electrons. The fourth-order valence-corrected chi connectivity index (χ4v) is 1.67. The van der Waals surface area contributed by atoms with Gasteiger partial charge in [0.05, 0.1) is 5.92 Å². The van der Waals surface area contributed by atoms with Gasteiger partial charge in [-0.3, -0.25) is 4.79 Å². The number of amides is 1. The molecule has 1 heterocycles. The Morgan fingerprint density at radius 1 is 1.40 bits per heavy atom. The average molecular weight is 225 g/mol. The minimum absolute atomic E-state index is 0.00104. The minimum atomic E-state index is -4.13. The number of likely N-dealkylation sites (tertiary alicyclic amines) is 1. The molecule has 1 fully saturated rings. The number of rotatable bonds is 2. The highest BCUT2D eigenvalue weighted by atomic mass is 19.4. The molecule has 0 bridgehead atoms. The lowest BCUT2D eigenvalue weighted by Gasteiger charge is -2.32. The van der Waals surface area contributed by atoms with Gasteiger partial charge in [0.25, 0.3) is 0 Å². The number of nitrogens with zero attached hydrogens (tertiary/aromatic N) is 1. The molecular formula is C9H14F3NO2. The van der Waals surface area contributed by atoms with Crippen LogP contribution < -0.4 is 0 Å². The number of methoxy groups -OCH3 is 1. The predicted molar refractivity (Wildman–Crippen MR) is 47.2 cm³/mol. The molecule has 0 saturated carbocycles. The van der Waals surface area contributed by atoms with Crippen molar-refractivity contribution < 1.29 is 22.7 Å². The van der Waals surface area contributed by atoms with Crippen molar-refractivity contribution in [3.05, 3.63) is 0 Å². The summed E-state index contributed by atoms with van der Waals surface area (Å²) in [6.07, 6.45) is -4.13. The van der Waals surface area contributed by atoms with E-state index in [4.69, 9.17) is 0 Å². The fraction of sp³-hybridized carbons (Fsp3) is 0.889. The minimum Gasteiger partial charge on any atom is -0.375 e. The van der Waals surface area contributed by atoms with Crippen molar-refractivity contribution in [2.45, 2.75) is 19.0 Å². The van der Waals surface area contributed by atoms with Crippen LogP contribution in [0.5, 0.6) is 0 Å². The second-order valence-electron chi connectivity index (χ2n) is 3.63. The van der Waals surface area contributed by atoms with Crippen molar-refractivity contribution in [1.82, 2.24) is 4.90 Å². The second-order valence-corrected chi connectivity index (χ2v) is 3.63. The standard InChI is InChI=1S/C9H14F3NO2/c1-15-6-8(14)13-4-2-7(3-5-13)9(10,11)12/h7H,2-6H2,1H3. The number of ether oxygens (including phenoxy) is 1. The van der Waals surface area contributed by atoms with Crippen LogP contribution in [0.2, 0.25) is 0 Å². The SMILES string of the molecule is COCC(=O)N1CCC(C(F)(F)F)CC1. The van der Waals surface area contributed by atoms with E-state index in [2.05, 4.69) is 4.74 Å². The summed E-state index contributed by atoms with van der Waals surface area (Å²) >= 11 is 0. The zero-order valence-corrected chi connectivity index (χ0v) is 8.51. The van der Waals surface area contributed by atoms with Crippen LogP contribution in [0.15, 0.2) is 0 Å². The maximum Gasteiger partial charge on any atom is 0.391 e. The van der Waals surface area contributed by atoms with E-state index in [1.807, 2.05) is 0 Å². The molecule has 1 amide bonds. The third kappa shape index (κ3) is 3.37. The number of alkyl halides is 3. The van der Waals surface area contributed by atoms with Crippen LogP contribution in [0.1, 0.15) is 12.8 Å². The first-order valence-electron chi connectivity index (χ1n) is 4.78. The second kappa shape index (κ2) is 4.83. The molecule has 3 nitrogen and oxygen atoms in total. The van der Waals surface area contributed by atoms with Crippen LogP contribution in [0, 0.1) is 5.92 Å². The van der Waals surface area contributed by atoms with Crippen molar-refractivity contribution in [2.75, 3.05) is 26.8 Å². The van der Waals surface area contributed by atoms with Gasteiger partial charge in [0.1, 0.15) is 6.61 Å². The Labute approximate surface area is 86.2 Å². The molecule has 0 aliphatic carbocycles. The third-order valence-corrected chi connectivity index (χ3v) is 2.58. The lowest BCUT2D eigenvalue weighted by Crippen LogP contribution is -2.43. The first kappa shape index (κ1) is 12.3. The molecule has 1 rings (SSSR count). The first-order valence-corrected chi connectivity index (χ1v) is 4.78. The van der Waals surface area contributed by atoms with Gasteiger partial charge in [-0.15, -0.1) is 0 Å². The Balaban J connectivity index is 2.39. The quantitative estimate of drug-likeness (QED) is 0.711. The van der Waals surface area contributed by atoms with Gasteiger partial charge in [0.2, 0.25) is 5.91 Å². The van der Waals surface area contributed by atoms with Gasteiger partial charge in [-0.2, -0.15) is 13.2 Å². The van der Waals surface area contributed by atoms with Crippen molar-refractivity contribution in [3.8, 4) is 0 Å². The average Bonchev–Trinajstić information content (AvgIpc) is 2.17. The maximum absolute atomic E-state index is 12.3. The van der Waals surface area contributed by atoms with Crippen LogP contribution in [0.3, 0.4) is 0 Å². The molecule has 0 aromatic carbocycles. The predicted octanol–water partition coefficient (Wildman–Crippen LogP) is 1.43. The number of hydrogen-bond donors (Lipinski definition) is 0. The molecule has 15 heavy (non-hydrogen) atoms. The summed E-state index contributed by atoms with van der Waals surface area (Å²) in [5.74, 6) is -1.50. The molecule has 1 aliphatic rings. The van der Waals surface area contributed by atoms with Crippen LogP contribution in [-0.4, -0.2) is 43.8 Å². The van der Waals surface area contributed by atoms with E-state index in [1.165, 1.54) is 12.0 Å². The number of halogens is 3. The Hall–Kier alpha value is -0.780. The lowest BCUT2D eigenvalue weighted by molar-refractivity contribution is -0.186. The summed E-state index contributed by atoms with van der Waals surface area (Å²) in [6.45, 7) is 0.287. The van der Waals surface area contributed by atoms with E-state index in [9.17, 15) is 18.0 Å². The van der Waals surface area contributed by atoms with Crippen LogP contribution in [-0.2, 0) is 9.53 Å². The highest BCUT2D eigenvalue weighted by molar-refractivity contribution is 5.77. The number of hydrogen-bond acceptors (Lipinski definition) is 2. The molecule has 1 aliphatic heterocycles. The van der Waals surface area contributed by atoms with Crippen molar-refractivity contribution in [3.63, 3.8) is 0 Å². The maximum atomic E-state index is 12.3. The molecule has 0 atom stereocenters. The zero-order valence-electron chi connectivity index (χ0n) is 8.51. The van der Waals surface area contributed by atoms with Gasteiger partial charge in [-0.05, 0) is 12.8 Å². The molecule has 1 saturated heterocycles. The van der Waals surface area contributed by atoms with E-state index >= 15 is 0 Å². The van der Waals surface area contributed by atoms with Crippen molar-refractivity contribution in [1.29, 1.82) is 0 Å². The largest absolute Gasteiger partial charge is 0.391 e. The van der Waals surface area contributed by atoms with Crippen LogP contribution in [0.25, 0.3) is 0 Å². The zero-order chi connectivity index (χ0) is 11.5. The molecule has 0 unspecified atom stereocenters. The molecule has 6 heteroatoms. The van der Waals surface area contributed by atoms with E-state index in [-0.39, 0.29) is 38.4 Å². The van der Waals surface area contributed by atoms with E-state index < -0.39 is 12.1 Å². The molecule has 0 N–H and O–H groups in total. The van der Waals surface area contributed by atoms with Gasteiger partial charge >= 0.3 is 6.18 Å². The molecular weight excluding hydrogens is 211 g/mol. The fourth-order valence-electron chi connectivity index (χ4n) is 1.67. The van der Waals surface area contributed by atoms with Gasteiger partial charge in [0, 0.05) is 20.2 Å². The van der Waals surface area contributed by atoms with Gasteiger partial charge < -0.3 is 9.64 Å². The third-order valence-electron chi connectivity index (χ3n) is 2.58. The first-order chi connectivity index (χ1) is 6.95. The Morgan fingerprint density at radius 2 is 1.93 bits per heavy atom. The summed E-state index contributed by atoms with van der Waals surface area (Å²) in [7, 11) is 1.39. The molecule has 0 aromatic heterocycles. The lowest BCUT2D eigenvalue weighted by atomic mass is 9.96. The van der Waals surface area contributed by atoms with E-state index in [1.54, 1.807) is 0 Å². The number of carbonyl (C=O) groups is 1. The van der Waals surface area contributed by atoms with Crippen molar-refractivity contribution in [2.24, 2.45) is 5.92 Å². The summed E-state index contributed by atoms with van der Waals surface area (Å²) < 4.78 is 41.5. The molecule has 0 spiro atoms. The summed E-state index contributed by atoms with van der Waals surface area (Å²) in [4.78, 5) is 12.7. The van der Waals surface area contributed by atoms with Crippen molar-refractivity contribution >= 4 is 5.91 Å². The summed E-state index contributed by atoms with van der Waals surface area (Å²) in [5, 5.41) is 0. The van der Waals surface area contributed by atoms with E-state index in [0.29, 0.717) is 0 Å². The van der Waals surface area contributed by atoms with Gasteiger partial charge in [0.15, 0.2) is 0 Å². The summed E-state index contributed by atoms with van der Waals surface area (Å²) in [6, 6.07) is 0. The van der Waals surface area contributed by atoms with Crippen LogP contribution in [0.4, 0.5) is 13.2 Å². The highest BCUT2D eigenvalue weighted by Gasteiger charge is 2.41. The number of piperidine rings is 1. The topological polar surface area (TPSA) is 29.5 Å². The highest BCUT2D eigenvalue weighted by Crippen LogP contribution is 2.33. The Kier molecular flexibility index (Phi) is 3.96. The van der Waals surface area contributed by atoms with Gasteiger partial charge in [-0.25, -0.2) is 0 Å².